The van der Waals surface area contributed by atoms with Gasteiger partial charge in [0, 0.05) is 0 Å². The first-order valence-corrected chi connectivity index (χ1v) is 6.83. The fraction of sp³-hybridized carbons (Fsp3) is 0.500. The summed E-state index contributed by atoms with van der Waals surface area (Å²) in [6, 6.07) is 0. The van der Waals surface area contributed by atoms with E-state index >= 15 is 0 Å². The third-order valence-electron chi connectivity index (χ3n) is 2.89. The monoisotopic (exact) mass is 354 g/mol. The summed E-state index contributed by atoms with van der Waals surface area (Å²) in [6.45, 7) is 2.62. The first-order chi connectivity index (χ1) is 11.2. The molecular weight excluding hydrogens is 339 g/mol. The van der Waals surface area contributed by atoms with Gasteiger partial charge in [-0.15, -0.1) is 0 Å². The van der Waals surface area contributed by atoms with Gasteiger partial charge in [-0.25, -0.2) is 23.6 Å². The molecule has 134 valence electrons. The standard InChI is InChI=1S/C14H15F5N2O3/c1-4-7-8(13(22)24-5-2)11(14(17,18)19)21-10(12(15)16)9(7)20-6-23-3/h6,12H,4-5H2,1-3H3. The van der Waals surface area contributed by atoms with Crippen molar-refractivity contribution in [2.24, 2.45) is 4.99 Å². The van der Waals surface area contributed by atoms with Crippen LogP contribution in [0.4, 0.5) is 27.6 Å². The molecule has 1 heterocycles. The normalized spacial score (nSPS) is 12.0. The summed E-state index contributed by atoms with van der Waals surface area (Å²) in [7, 11) is 1.18. The maximum absolute atomic E-state index is 13.2. The number of nitrogens with zero attached hydrogens (tertiary/aromatic N) is 2. The van der Waals surface area contributed by atoms with Crippen molar-refractivity contribution in [1.82, 2.24) is 4.98 Å². The van der Waals surface area contributed by atoms with Gasteiger partial charge in [0.1, 0.15) is 5.69 Å². The summed E-state index contributed by atoms with van der Waals surface area (Å²) in [5.41, 5.74) is -4.69. The van der Waals surface area contributed by atoms with E-state index in [1.807, 2.05) is 0 Å². The Morgan fingerprint density at radius 1 is 1.33 bits per heavy atom. The second-order valence-corrected chi connectivity index (χ2v) is 4.39. The van der Waals surface area contributed by atoms with E-state index in [-0.39, 0.29) is 18.6 Å². The van der Waals surface area contributed by atoms with Gasteiger partial charge in [-0.1, -0.05) is 6.92 Å². The van der Waals surface area contributed by atoms with Crippen LogP contribution in [0.5, 0.6) is 0 Å². The molecule has 0 atom stereocenters. The number of hydrogen-bond donors (Lipinski definition) is 0. The molecule has 0 aliphatic rings. The lowest BCUT2D eigenvalue weighted by atomic mass is 9.99. The Morgan fingerprint density at radius 2 is 1.96 bits per heavy atom. The molecule has 10 heteroatoms. The average Bonchev–Trinajstić information content (AvgIpc) is 2.50. The third-order valence-corrected chi connectivity index (χ3v) is 2.89. The lowest BCUT2D eigenvalue weighted by Crippen LogP contribution is -2.21. The molecule has 0 aliphatic heterocycles. The van der Waals surface area contributed by atoms with Crippen LogP contribution in [0.2, 0.25) is 0 Å². The number of carbonyl (C=O) groups is 1. The van der Waals surface area contributed by atoms with E-state index in [0.29, 0.717) is 0 Å². The summed E-state index contributed by atoms with van der Waals surface area (Å²) in [5, 5.41) is 0. The number of esters is 1. The molecular formula is C14H15F5N2O3. The Labute approximate surface area is 134 Å². The van der Waals surface area contributed by atoms with Gasteiger partial charge in [-0.05, 0) is 18.9 Å². The molecule has 1 rings (SSSR count). The second-order valence-electron chi connectivity index (χ2n) is 4.39. The molecule has 0 amide bonds. The minimum Gasteiger partial charge on any atom is -0.486 e. The maximum atomic E-state index is 13.2. The number of halogens is 5. The van der Waals surface area contributed by atoms with Crippen LogP contribution in [-0.2, 0) is 22.1 Å². The van der Waals surface area contributed by atoms with Gasteiger partial charge in [-0.2, -0.15) is 13.2 Å². The third kappa shape index (κ3) is 4.18. The minimum absolute atomic E-state index is 0.171. The highest BCUT2D eigenvalue weighted by molar-refractivity contribution is 5.94. The number of hydrogen-bond acceptors (Lipinski definition) is 5. The highest BCUT2D eigenvalue weighted by Crippen LogP contribution is 2.40. The number of ether oxygens (including phenoxy) is 2. The topological polar surface area (TPSA) is 60.8 Å². The summed E-state index contributed by atoms with van der Waals surface area (Å²) >= 11 is 0. The van der Waals surface area contributed by atoms with Crippen molar-refractivity contribution in [3.05, 3.63) is 22.5 Å². The van der Waals surface area contributed by atoms with E-state index in [2.05, 4.69) is 19.5 Å². The van der Waals surface area contributed by atoms with Crippen LogP contribution in [0.3, 0.4) is 0 Å². The number of methoxy groups -OCH3 is 1. The molecule has 0 aromatic carbocycles. The van der Waals surface area contributed by atoms with Crippen LogP contribution in [0.25, 0.3) is 0 Å². The Hall–Kier alpha value is -2.26. The van der Waals surface area contributed by atoms with Crippen LogP contribution >= 0.6 is 0 Å². The van der Waals surface area contributed by atoms with Crippen molar-refractivity contribution < 1.29 is 36.2 Å². The molecule has 0 spiro atoms. The lowest BCUT2D eigenvalue weighted by molar-refractivity contribution is -0.142. The van der Waals surface area contributed by atoms with Crippen LogP contribution in [0.1, 0.15) is 47.6 Å². The fourth-order valence-corrected chi connectivity index (χ4v) is 2.02. The number of carbonyl (C=O) groups excluding carboxylic acids is 1. The van der Waals surface area contributed by atoms with E-state index in [0.717, 1.165) is 6.40 Å². The minimum atomic E-state index is -5.11. The van der Waals surface area contributed by atoms with E-state index in [1.54, 1.807) is 0 Å². The van der Waals surface area contributed by atoms with Gasteiger partial charge < -0.3 is 9.47 Å². The first-order valence-electron chi connectivity index (χ1n) is 6.83. The Balaban J connectivity index is 3.87. The van der Waals surface area contributed by atoms with Crippen molar-refractivity contribution in [2.75, 3.05) is 13.7 Å². The number of aliphatic imine (C=N–C) groups is 1. The fourth-order valence-electron chi connectivity index (χ4n) is 2.02. The van der Waals surface area contributed by atoms with Crippen molar-refractivity contribution in [3.63, 3.8) is 0 Å². The highest BCUT2D eigenvalue weighted by atomic mass is 19.4. The van der Waals surface area contributed by atoms with Crippen LogP contribution in [0, 0.1) is 0 Å². The molecule has 0 fully saturated rings. The van der Waals surface area contributed by atoms with E-state index in [4.69, 9.17) is 0 Å². The summed E-state index contributed by atoms with van der Waals surface area (Å²) in [5.74, 6) is -1.30. The number of aromatic nitrogens is 1. The van der Waals surface area contributed by atoms with Gasteiger partial charge in [-0.3, -0.25) is 0 Å². The first kappa shape index (κ1) is 19.8. The summed E-state index contributed by atoms with van der Waals surface area (Å²) in [6.07, 6.45) is -7.84. The van der Waals surface area contributed by atoms with Gasteiger partial charge in [0.05, 0.1) is 25.0 Å². The largest absolute Gasteiger partial charge is 0.486 e. The molecule has 24 heavy (non-hydrogen) atoms. The van der Waals surface area contributed by atoms with Crippen LogP contribution in [0.15, 0.2) is 4.99 Å². The van der Waals surface area contributed by atoms with Gasteiger partial charge >= 0.3 is 12.1 Å². The van der Waals surface area contributed by atoms with Crippen molar-refractivity contribution in [2.45, 2.75) is 32.9 Å². The number of pyridine rings is 1. The SMILES string of the molecule is CCOC(=O)c1c(C(F)(F)F)nc(C(F)F)c(N=COC)c1CC. The zero-order valence-corrected chi connectivity index (χ0v) is 13.1. The molecule has 1 aromatic heterocycles. The molecule has 0 unspecified atom stereocenters. The Bertz CT molecular complexity index is 630. The lowest BCUT2D eigenvalue weighted by Gasteiger charge is -2.18. The number of alkyl halides is 5. The maximum Gasteiger partial charge on any atom is 0.434 e. The number of rotatable bonds is 6. The van der Waals surface area contributed by atoms with E-state index < -0.39 is 41.2 Å². The summed E-state index contributed by atoms with van der Waals surface area (Å²) in [4.78, 5) is 18.5. The molecule has 0 N–H and O–H groups in total. The van der Waals surface area contributed by atoms with Crippen LogP contribution < -0.4 is 0 Å². The average molecular weight is 354 g/mol. The quantitative estimate of drug-likeness (QED) is 0.334. The molecule has 0 saturated heterocycles. The zero-order valence-electron chi connectivity index (χ0n) is 13.1. The highest BCUT2D eigenvalue weighted by Gasteiger charge is 2.41. The molecule has 5 nitrogen and oxygen atoms in total. The Morgan fingerprint density at radius 3 is 2.38 bits per heavy atom. The van der Waals surface area contributed by atoms with Gasteiger partial charge in [0.25, 0.3) is 6.43 Å². The zero-order chi connectivity index (χ0) is 18.5. The van der Waals surface area contributed by atoms with Gasteiger partial charge in [0.2, 0.25) is 0 Å². The molecule has 0 saturated carbocycles. The Kier molecular flexibility index (Phi) is 6.61. The smallest absolute Gasteiger partial charge is 0.434 e. The second kappa shape index (κ2) is 8.02. The van der Waals surface area contributed by atoms with Crippen LogP contribution in [-0.4, -0.2) is 31.1 Å². The van der Waals surface area contributed by atoms with E-state index in [9.17, 15) is 26.7 Å². The molecule has 0 bridgehead atoms. The van der Waals surface area contributed by atoms with Crippen molar-refractivity contribution in [1.29, 1.82) is 0 Å². The summed E-state index contributed by atoms with van der Waals surface area (Å²) < 4.78 is 75.1. The van der Waals surface area contributed by atoms with Gasteiger partial charge in [0.15, 0.2) is 12.1 Å². The molecule has 0 radical (unpaired) electrons. The molecule has 1 aromatic rings. The van der Waals surface area contributed by atoms with Crippen molar-refractivity contribution >= 4 is 18.1 Å². The predicted octanol–water partition coefficient (Wildman–Crippen LogP) is 4.08. The van der Waals surface area contributed by atoms with Crippen molar-refractivity contribution in [3.8, 4) is 0 Å². The van der Waals surface area contributed by atoms with E-state index in [1.165, 1.54) is 21.0 Å². The predicted molar refractivity (Wildman–Crippen MR) is 74.7 cm³/mol. The molecule has 0 aliphatic carbocycles.